The van der Waals surface area contributed by atoms with E-state index in [1.54, 1.807) is 18.3 Å². The van der Waals surface area contributed by atoms with Gasteiger partial charge in [-0.25, -0.2) is 9.48 Å². The average Bonchev–Trinajstić information content (AvgIpc) is 3.07. The van der Waals surface area contributed by atoms with Gasteiger partial charge in [0.15, 0.2) is 0 Å². The predicted molar refractivity (Wildman–Crippen MR) is 99.6 cm³/mol. The summed E-state index contributed by atoms with van der Waals surface area (Å²) in [7, 11) is -1.35. The fourth-order valence-corrected chi connectivity index (χ4v) is 2.92. The summed E-state index contributed by atoms with van der Waals surface area (Å²) in [5.41, 5.74) is 1.31. The van der Waals surface area contributed by atoms with Crippen LogP contribution < -0.4 is 15.3 Å². The van der Waals surface area contributed by atoms with Crippen LogP contribution in [-0.4, -0.2) is 56.1 Å². The first kappa shape index (κ1) is 19.8. The number of carboxylic acids is 1. The molecular weight excluding hydrogens is 365 g/mol. The molecule has 1 aromatic heterocycles. The van der Waals surface area contributed by atoms with Crippen molar-refractivity contribution in [3.63, 3.8) is 0 Å². The first-order chi connectivity index (χ1) is 13.3. The fourth-order valence-electron chi connectivity index (χ4n) is 2.92. The molecule has 0 saturated carbocycles. The van der Waals surface area contributed by atoms with Crippen LogP contribution in [-0.2, 0) is 24.3 Å². The number of carbonyl (C=O) groups excluding carboxylic acids is 1. The highest BCUT2D eigenvalue weighted by molar-refractivity contribution is 6.47. The summed E-state index contributed by atoms with van der Waals surface area (Å²) in [6.07, 6.45) is 1.93. The number of benzene rings is 1. The molecule has 1 amide bonds. The molecule has 1 aliphatic heterocycles. The van der Waals surface area contributed by atoms with E-state index in [4.69, 9.17) is 4.65 Å². The molecule has 1 aromatic carbocycles. The Labute approximate surface area is 162 Å². The van der Waals surface area contributed by atoms with Crippen molar-refractivity contribution in [1.82, 2.24) is 25.6 Å². The number of carbonyl (C=O) groups is 2. The normalized spacial score (nSPS) is 15.9. The standard InChI is InChI=1S/C17H22BN5O5/c1-10(2)19-7-12-8-23(22-21-12)9-15(24)20-14-6-11-4-3-5-13(17(25)26)16(11)28-18(14)27/h3-5,8,10,14,19,27H,6-7,9H2,1-2H3,(H,20,24)(H,25,26)/t14-/m0/s1. The van der Waals surface area contributed by atoms with Gasteiger partial charge in [0.2, 0.25) is 5.91 Å². The zero-order chi connectivity index (χ0) is 20.3. The summed E-state index contributed by atoms with van der Waals surface area (Å²) in [6.45, 7) is 4.54. The minimum Gasteiger partial charge on any atom is -0.534 e. The minimum absolute atomic E-state index is 0.0218. The Hall–Kier alpha value is -2.92. The van der Waals surface area contributed by atoms with Gasteiger partial charge in [-0.2, -0.15) is 0 Å². The molecule has 0 saturated heterocycles. The lowest BCUT2D eigenvalue weighted by atomic mass is 9.72. The van der Waals surface area contributed by atoms with Crippen molar-refractivity contribution in [2.75, 3.05) is 0 Å². The number of amides is 1. The third-order valence-corrected chi connectivity index (χ3v) is 4.28. The number of para-hydroxylation sites is 1. The zero-order valence-electron chi connectivity index (χ0n) is 15.6. The van der Waals surface area contributed by atoms with E-state index in [-0.39, 0.29) is 30.2 Å². The van der Waals surface area contributed by atoms with Gasteiger partial charge in [-0.05, 0) is 18.1 Å². The molecule has 0 aliphatic carbocycles. The Morgan fingerprint density at radius 2 is 2.21 bits per heavy atom. The van der Waals surface area contributed by atoms with Crippen molar-refractivity contribution in [1.29, 1.82) is 0 Å². The molecule has 3 rings (SSSR count). The Morgan fingerprint density at radius 1 is 1.43 bits per heavy atom. The van der Waals surface area contributed by atoms with Gasteiger partial charge in [0.25, 0.3) is 0 Å². The molecule has 0 radical (unpaired) electrons. The van der Waals surface area contributed by atoms with Gasteiger partial charge in [-0.1, -0.05) is 31.2 Å². The van der Waals surface area contributed by atoms with E-state index in [1.165, 1.54) is 10.7 Å². The molecule has 2 aromatic rings. The SMILES string of the molecule is CC(C)NCc1cn(CC(=O)N[C@H]2Cc3cccc(C(=O)O)c3OB2O)nn1. The van der Waals surface area contributed by atoms with Crippen LogP contribution >= 0.6 is 0 Å². The van der Waals surface area contributed by atoms with Crippen LogP contribution in [0.3, 0.4) is 0 Å². The molecule has 2 heterocycles. The first-order valence-electron chi connectivity index (χ1n) is 8.95. The molecule has 10 nitrogen and oxygen atoms in total. The van der Waals surface area contributed by atoms with E-state index in [0.717, 1.165) is 5.69 Å². The highest BCUT2D eigenvalue weighted by atomic mass is 16.5. The Morgan fingerprint density at radius 3 is 2.93 bits per heavy atom. The molecule has 1 atom stereocenters. The van der Waals surface area contributed by atoms with Crippen LogP contribution in [0.15, 0.2) is 24.4 Å². The van der Waals surface area contributed by atoms with Crippen LogP contribution in [0.1, 0.15) is 35.5 Å². The lowest BCUT2D eigenvalue weighted by Crippen LogP contribution is -2.53. The van der Waals surface area contributed by atoms with Crippen molar-refractivity contribution < 1.29 is 24.4 Å². The Kier molecular flexibility index (Phi) is 5.95. The van der Waals surface area contributed by atoms with Crippen LogP contribution in [0.4, 0.5) is 0 Å². The molecular formula is C17H22BN5O5. The maximum Gasteiger partial charge on any atom is 0.547 e. The summed E-state index contributed by atoms with van der Waals surface area (Å²) in [6, 6.07) is 5.03. The molecule has 0 fully saturated rings. The number of aromatic nitrogens is 3. The second-order valence-electron chi connectivity index (χ2n) is 6.93. The number of hydrogen-bond acceptors (Lipinski definition) is 7. The highest BCUT2D eigenvalue weighted by Gasteiger charge is 2.37. The number of carboxylic acid groups (broad SMARTS) is 1. The van der Waals surface area contributed by atoms with Gasteiger partial charge in [-0.15, -0.1) is 5.10 Å². The maximum atomic E-state index is 12.3. The van der Waals surface area contributed by atoms with Gasteiger partial charge in [0, 0.05) is 12.6 Å². The highest BCUT2D eigenvalue weighted by Crippen LogP contribution is 2.30. The summed E-state index contributed by atoms with van der Waals surface area (Å²) >= 11 is 0. The van der Waals surface area contributed by atoms with E-state index in [0.29, 0.717) is 18.2 Å². The number of nitrogens with zero attached hydrogens (tertiary/aromatic N) is 3. The average molecular weight is 387 g/mol. The largest absolute Gasteiger partial charge is 0.547 e. The lowest BCUT2D eigenvalue weighted by Gasteiger charge is -2.28. The van der Waals surface area contributed by atoms with E-state index >= 15 is 0 Å². The second kappa shape index (κ2) is 8.40. The summed E-state index contributed by atoms with van der Waals surface area (Å²) in [4.78, 5) is 23.6. The number of nitrogens with one attached hydrogen (secondary N) is 2. The lowest BCUT2D eigenvalue weighted by molar-refractivity contribution is -0.122. The zero-order valence-corrected chi connectivity index (χ0v) is 15.6. The van der Waals surface area contributed by atoms with Crippen molar-refractivity contribution in [3.05, 3.63) is 41.2 Å². The fraction of sp³-hybridized carbons (Fsp3) is 0.412. The molecule has 0 spiro atoms. The quantitative estimate of drug-likeness (QED) is 0.472. The van der Waals surface area contributed by atoms with E-state index in [2.05, 4.69) is 20.9 Å². The third-order valence-electron chi connectivity index (χ3n) is 4.28. The monoisotopic (exact) mass is 387 g/mol. The smallest absolute Gasteiger partial charge is 0.534 e. The van der Waals surface area contributed by atoms with Gasteiger partial charge in [0.05, 0.1) is 23.4 Å². The van der Waals surface area contributed by atoms with Gasteiger partial charge >= 0.3 is 13.1 Å². The topological polar surface area (TPSA) is 139 Å². The number of aromatic carboxylic acids is 1. The van der Waals surface area contributed by atoms with Crippen molar-refractivity contribution in [2.45, 2.75) is 45.3 Å². The van der Waals surface area contributed by atoms with Gasteiger partial charge in [-0.3, -0.25) is 4.79 Å². The Balaban J connectivity index is 1.60. The molecule has 11 heteroatoms. The van der Waals surface area contributed by atoms with Crippen LogP contribution in [0.5, 0.6) is 5.75 Å². The summed E-state index contributed by atoms with van der Waals surface area (Å²) in [5.74, 6) is -2.07. The first-order valence-corrected chi connectivity index (χ1v) is 8.95. The molecule has 4 N–H and O–H groups in total. The maximum absolute atomic E-state index is 12.3. The molecule has 0 unspecified atom stereocenters. The molecule has 28 heavy (non-hydrogen) atoms. The van der Waals surface area contributed by atoms with E-state index < -0.39 is 19.0 Å². The van der Waals surface area contributed by atoms with Gasteiger partial charge in [0.1, 0.15) is 12.3 Å². The van der Waals surface area contributed by atoms with Crippen LogP contribution in [0, 0.1) is 0 Å². The van der Waals surface area contributed by atoms with Crippen molar-refractivity contribution in [3.8, 4) is 5.75 Å². The molecule has 1 aliphatic rings. The van der Waals surface area contributed by atoms with Crippen LogP contribution in [0.2, 0.25) is 0 Å². The Bertz CT molecular complexity index is 871. The van der Waals surface area contributed by atoms with Gasteiger partial charge < -0.3 is 25.4 Å². The minimum atomic E-state index is -1.35. The van der Waals surface area contributed by atoms with Crippen molar-refractivity contribution in [2.24, 2.45) is 0 Å². The number of rotatable bonds is 7. The number of hydrogen-bond donors (Lipinski definition) is 4. The van der Waals surface area contributed by atoms with Crippen molar-refractivity contribution >= 4 is 19.0 Å². The third kappa shape index (κ3) is 4.67. The summed E-state index contributed by atoms with van der Waals surface area (Å²) < 4.78 is 6.78. The number of fused-ring (bicyclic) bond motifs is 1. The second-order valence-corrected chi connectivity index (χ2v) is 6.93. The molecule has 0 bridgehead atoms. The predicted octanol–water partition coefficient (Wildman–Crippen LogP) is -0.386. The van der Waals surface area contributed by atoms with E-state index in [1.807, 2.05) is 13.8 Å². The molecule has 148 valence electrons. The summed E-state index contributed by atoms with van der Waals surface area (Å²) in [5, 5.41) is 33.2. The van der Waals surface area contributed by atoms with Crippen LogP contribution in [0.25, 0.3) is 0 Å². The van der Waals surface area contributed by atoms with E-state index in [9.17, 15) is 19.7 Å².